The van der Waals surface area contributed by atoms with Crippen molar-refractivity contribution in [2.75, 3.05) is 19.5 Å². The summed E-state index contributed by atoms with van der Waals surface area (Å²) in [6, 6.07) is 5.99. The van der Waals surface area contributed by atoms with Crippen molar-refractivity contribution < 1.29 is 9.53 Å². The molecule has 0 aliphatic carbocycles. The minimum absolute atomic E-state index is 0.177. The summed E-state index contributed by atoms with van der Waals surface area (Å²) in [5.41, 5.74) is 2.16. The van der Waals surface area contributed by atoms with E-state index in [4.69, 9.17) is 0 Å². The van der Waals surface area contributed by atoms with Crippen LogP contribution in [0.2, 0.25) is 0 Å². The molecule has 0 bridgehead atoms. The lowest BCUT2D eigenvalue weighted by atomic mass is 10.1. The molecule has 1 N–H and O–H groups in total. The van der Waals surface area contributed by atoms with E-state index in [2.05, 4.69) is 26.0 Å². The summed E-state index contributed by atoms with van der Waals surface area (Å²) < 4.78 is 5.59. The number of aryl methyl sites for hydroxylation is 1. The van der Waals surface area contributed by atoms with Crippen molar-refractivity contribution in [2.24, 2.45) is 0 Å². The maximum Gasteiger partial charge on any atom is 0.305 e. The van der Waals surface area contributed by atoms with E-state index in [0.29, 0.717) is 12.8 Å². The molecule has 1 rings (SSSR count). The Bertz CT molecular complexity index is 352. The summed E-state index contributed by atoms with van der Waals surface area (Å²) in [7, 11) is 3.27. The number of benzene rings is 1. The molecule has 3 nitrogen and oxygen atoms in total. The molecule has 82 valence electrons. The van der Waals surface area contributed by atoms with Crippen LogP contribution in [0, 0.1) is 0 Å². The highest BCUT2D eigenvalue weighted by Crippen LogP contribution is 2.23. The summed E-state index contributed by atoms with van der Waals surface area (Å²) in [5.74, 6) is -0.177. The van der Waals surface area contributed by atoms with Crippen LogP contribution < -0.4 is 5.32 Å². The highest BCUT2D eigenvalue weighted by Gasteiger charge is 2.03. The zero-order valence-electron chi connectivity index (χ0n) is 8.84. The van der Waals surface area contributed by atoms with Gasteiger partial charge in [0.05, 0.1) is 7.11 Å². The van der Waals surface area contributed by atoms with Crippen LogP contribution in [0.5, 0.6) is 0 Å². The van der Waals surface area contributed by atoms with E-state index in [-0.39, 0.29) is 5.97 Å². The highest BCUT2D eigenvalue weighted by atomic mass is 79.9. The first-order chi connectivity index (χ1) is 7.17. The smallest absolute Gasteiger partial charge is 0.305 e. The van der Waals surface area contributed by atoms with Gasteiger partial charge in [0.25, 0.3) is 0 Å². The molecule has 0 radical (unpaired) electrons. The summed E-state index contributed by atoms with van der Waals surface area (Å²) in [6.07, 6.45) is 1.12. The standard InChI is InChI=1S/C11H14BrNO2/c1-13-10-5-3-8(7-9(10)12)4-6-11(14)15-2/h3,5,7,13H,4,6H2,1-2H3. The number of anilines is 1. The van der Waals surface area contributed by atoms with Crippen molar-refractivity contribution in [3.8, 4) is 0 Å². The molecule has 0 heterocycles. The number of carbonyl (C=O) groups excluding carboxylic acids is 1. The molecule has 0 aliphatic heterocycles. The molecule has 0 saturated heterocycles. The molecule has 1 aromatic carbocycles. The molecule has 0 unspecified atom stereocenters. The summed E-state index contributed by atoms with van der Waals surface area (Å²) in [5, 5.41) is 3.06. The Balaban J connectivity index is 2.63. The number of nitrogens with one attached hydrogen (secondary N) is 1. The molecule has 4 heteroatoms. The van der Waals surface area contributed by atoms with Crippen molar-refractivity contribution in [3.63, 3.8) is 0 Å². The molecule has 0 amide bonds. The van der Waals surface area contributed by atoms with Gasteiger partial charge < -0.3 is 10.1 Å². The van der Waals surface area contributed by atoms with Gasteiger partial charge in [-0.3, -0.25) is 4.79 Å². The van der Waals surface area contributed by atoms with E-state index in [1.165, 1.54) is 7.11 Å². The fraction of sp³-hybridized carbons (Fsp3) is 0.364. The monoisotopic (exact) mass is 271 g/mol. The molecule has 15 heavy (non-hydrogen) atoms. The van der Waals surface area contributed by atoms with Crippen LogP contribution in [-0.2, 0) is 16.0 Å². The lowest BCUT2D eigenvalue weighted by Crippen LogP contribution is -2.02. The summed E-state index contributed by atoms with van der Waals surface area (Å²) >= 11 is 3.45. The van der Waals surface area contributed by atoms with Crippen molar-refractivity contribution >= 4 is 27.6 Å². The van der Waals surface area contributed by atoms with E-state index >= 15 is 0 Å². The van der Waals surface area contributed by atoms with Crippen molar-refractivity contribution in [1.29, 1.82) is 0 Å². The van der Waals surface area contributed by atoms with Crippen LogP contribution in [0.1, 0.15) is 12.0 Å². The first kappa shape index (κ1) is 12.0. The zero-order chi connectivity index (χ0) is 11.3. The largest absolute Gasteiger partial charge is 0.469 e. The van der Waals surface area contributed by atoms with Gasteiger partial charge in [-0.05, 0) is 40.0 Å². The maximum absolute atomic E-state index is 10.9. The minimum atomic E-state index is -0.177. The van der Waals surface area contributed by atoms with Crippen LogP contribution in [0.25, 0.3) is 0 Å². The predicted molar refractivity (Wildman–Crippen MR) is 64.0 cm³/mol. The molecular weight excluding hydrogens is 258 g/mol. The van der Waals surface area contributed by atoms with Crippen LogP contribution >= 0.6 is 15.9 Å². The first-order valence-corrected chi connectivity index (χ1v) is 5.49. The molecule has 0 spiro atoms. The van der Waals surface area contributed by atoms with Gasteiger partial charge in [-0.25, -0.2) is 0 Å². The molecule has 0 atom stereocenters. The van der Waals surface area contributed by atoms with E-state index < -0.39 is 0 Å². The maximum atomic E-state index is 10.9. The van der Waals surface area contributed by atoms with Gasteiger partial charge >= 0.3 is 5.97 Å². The van der Waals surface area contributed by atoms with Gasteiger partial charge in [0.15, 0.2) is 0 Å². The second kappa shape index (κ2) is 5.75. The molecule has 1 aromatic rings. The third kappa shape index (κ3) is 3.55. The molecular formula is C11H14BrNO2. The van der Waals surface area contributed by atoms with Crippen molar-refractivity contribution in [1.82, 2.24) is 0 Å². The number of hydrogen-bond acceptors (Lipinski definition) is 3. The number of ether oxygens (including phenoxy) is 1. The SMILES string of the molecule is CNc1ccc(CCC(=O)OC)cc1Br. The van der Waals surface area contributed by atoms with Gasteiger partial charge in [-0.15, -0.1) is 0 Å². The lowest BCUT2D eigenvalue weighted by Gasteiger charge is -2.06. The molecule has 0 fully saturated rings. The fourth-order valence-electron chi connectivity index (χ4n) is 1.27. The average Bonchev–Trinajstić information content (AvgIpc) is 2.26. The van der Waals surface area contributed by atoms with Crippen LogP contribution in [-0.4, -0.2) is 20.1 Å². The first-order valence-electron chi connectivity index (χ1n) is 4.70. The average molecular weight is 272 g/mol. The summed E-state index contributed by atoms with van der Waals surface area (Å²) in [4.78, 5) is 10.9. The number of halogens is 1. The fourth-order valence-corrected chi connectivity index (χ4v) is 1.89. The third-order valence-corrected chi connectivity index (χ3v) is 2.80. The van der Waals surface area contributed by atoms with Gasteiger partial charge in [-0.1, -0.05) is 6.07 Å². The van der Waals surface area contributed by atoms with Crippen LogP contribution in [0.3, 0.4) is 0 Å². The second-order valence-electron chi connectivity index (χ2n) is 3.14. The molecule has 0 aliphatic rings. The van der Waals surface area contributed by atoms with Crippen LogP contribution in [0.4, 0.5) is 5.69 Å². The number of rotatable bonds is 4. The Morgan fingerprint density at radius 1 is 1.53 bits per heavy atom. The molecule has 0 aromatic heterocycles. The number of hydrogen-bond donors (Lipinski definition) is 1. The normalized spacial score (nSPS) is 9.80. The highest BCUT2D eigenvalue weighted by molar-refractivity contribution is 9.10. The third-order valence-electron chi connectivity index (χ3n) is 2.15. The predicted octanol–water partition coefficient (Wildman–Crippen LogP) is 2.60. The lowest BCUT2D eigenvalue weighted by molar-refractivity contribution is -0.140. The second-order valence-corrected chi connectivity index (χ2v) is 3.99. The van der Waals surface area contributed by atoms with Gasteiger partial charge in [0, 0.05) is 23.6 Å². The van der Waals surface area contributed by atoms with E-state index in [1.807, 2.05) is 25.2 Å². The Kier molecular flexibility index (Phi) is 4.62. The Morgan fingerprint density at radius 3 is 2.80 bits per heavy atom. The quantitative estimate of drug-likeness (QED) is 0.856. The minimum Gasteiger partial charge on any atom is -0.469 e. The van der Waals surface area contributed by atoms with Crippen molar-refractivity contribution in [3.05, 3.63) is 28.2 Å². The van der Waals surface area contributed by atoms with E-state index in [0.717, 1.165) is 15.7 Å². The summed E-state index contributed by atoms with van der Waals surface area (Å²) in [6.45, 7) is 0. The zero-order valence-corrected chi connectivity index (χ0v) is 10.4. The van der Waals surface area contributed by atoms with Gasteiger partial charge in [0.1, 0.15) is 0 Å². The molecule has 0 saturated carbocycles. The van der Waals surface area contributed by atoms with Crippen molar-refractivity contribution in [2.45, 2.75) is 12.8 Å². The van der Waals surface area contributed by atoms with Gasteiger partial charge in [0.2, 0.25) is 0 Å². The Morgan fingerprint density at radius 2 is 2.27 bits per heavy atom. The van der Waals surface area contributed by atoms with Gasteiger partial charge in [-0.2, -0.15) is 0 Å². The topological polar surface area (TPSA) is 38.3 Å². The van der Waals surface area contributed by atoms with Crippen LogP contribution in [0.15, 0.2) is 22.7 Å². The Labute approximate surface area is 97.9 Å². The number of methoxy groups -OCH3 is 1. The number of esters is 1. The number of carbonyl (C=O) groups is 1. The van der Waals surface area contributed by atoms with E-state index in [9.17, 15) is 4.79 Å². The van der Waals surface area contributed by atoms with E-state index in [1.54, 1.807) is 0 Å². The Hall–Kier alpha value is -1.03.